The topological polar surface area (TPSA) is 92.6 Å². The number of nitrogens with one attached hydrogen (secondary N) is 2. The Kier molecular flexibility index (Phi) is 7.74. The zero-order valence-electron chi connectivity index (χ0n) is 14.1. The molecule has 11 heteroatoms. The summed E-state index contributed by atoms with van der Waals surface area (Å²) < 4.78 is 24.8. The van der Waals surface area contributed by atoms with Crippen LogP contribution in [-0.4, -0.2) is 47.8 Å². The Morgan fingerprint density at radius 3 is 2.58 bits per heavy atom. The van der Waals surface area contributed by atoms with Crippen LogP contribution >= 0.6 is 36.4 Å². The van der Waals surface area contributed by atoms with Gasteiger partial charge in [-0.2, -0.15) is 0 Å². The maximum atomic E-state index is 12.6. The lowest BCUT2D eigenvalue weighted by Crippen LogP contribution is -2.57. The summed E-state index contributed by atoms with van der Waals surface area (Å²) in [5, 5.41) is 6.41. The van der Waals surface area contributed by atoms with Gasteiger partial charge in [0, 0.05) is 18.6 Å². The Bertz CT molecular complexity index is 879. The minimum atomic E-state index is -3.52. The molecule has 3 heterocycles. The highest BCUT2D eigenvalue weighted by molar-refractivity contribution is 7.92. The summed E-state index contributed by atoms with van der Waals surface area (Å²) in [6, 6.07) is 3.51. The van der Waals surface area contributed by atoms with Crippen molar-refractivity contribution in [3.05, 3.63) is 35.2 Å². The Labute approximate surface area is 169 Å². The third-order valence-electron chi connectivity index (χ3n) is 4.43. The zero-order valence-corrected chi connectivity index (χ0v) is 17.3. The van der Waals surface area contributed by atoms with E-state index in [4.69, 9.17) is 11.6 Å². The molecule has 0 aliphatic carbocycles. The summed E-state index contributed by atoms with van der Waals surface area (Å²) in [5.41, 5.74) is 1.35. The van der Waals surface area contributed by atoms with Gasteiger partial charge in [0.2, 0.25) is 5.91 Å². The van der Waals surface area contributed by atoms with Crippen LogP contribution in [0.15, 0.2) is 24.5 Å². The second-order valence-electron chi connectivity index (χ2n) is 6.04. The summed E-state index contributed by atoms with van der Waals surface area (Å²) in [4.78, 5) is 17.0. The molecule has 2 aromatic rings. The first-order valence-electron chi connectivity index (χ1n) is 7.64. The number of imidazole rings is 1. The highest BCUT2D eigenvalue weighted by Crippen LogP contribution is 2.28. The van der Waals surface area contributed by atoms with Crippen LogP contribution in [0, 0.1) is 0 Å². The van der Waals surface area contributed by atoms with Crippen LogP contribution in [-0.2, 0) is 21.2 Å². The second kappa shape index (κ2) is 8.75. The molecular formula is C15H21Cl3N4O3S. The van der Waals surface area contributed by atoms with Crippen molar-refractivity contribution in [3.63, 3.8) is 0 Å². The van der Waals surface area contributed by atoms with Gasteiger partial charge in [-0.1, -0.05) is 11.6 Å². The van der Waals surface area contributed by atoms with Crippen molar-refractivity contribution in [1.29, 1.82) is 0 Å². The standard InChI is InChI=1S/C15H19ClN4O3S.2ClH/c1-24(22,23)15(4-6-17-7-5-15)14(21)18-8-12-10-20-9-11(16)2-3-13(20)19-12;;/h2-3,9-10,17H,4-8H2,1H3,(H,18,21);2*1H. The van der Waals surface area contributed by atoms with E-state index in [2.05, 4.69) is 15.6 Å². The molecule has 0 radical (unpaired) electrons. The fourth-order valence-electron chi connectivity index (χ4n) is 3.03. The van der Waals surface area contributed by atoms with Crippen LogP contribution in [0.4, 0.5) is 0 Å². The summed E-state index contributed by atoms with van der Waals surface area (Å²) in [6.45, 7) is 1.18. The molecule has 26 heavy (non-hydrogen) atoms. The Hall–Kier alpha value is -1.06. The number of pyridine rings is 1. The molecule has 0 aromatic carbocycles. The summed E-state index contributed by atoms with van der Waals surface area (Å²) in [5.74, 6) is -0.457. The Balaban J connectivity index is 0.00000169. The van der Waals surface area contributed by atoms with Gasteiger partial charge in [-0.05, 0) is 38.1 Å². The molecule has 1 aliphatic rings. The molecule has 3 rings (SSSR count). The summed E-state index contributed by atoms with van der Waals surface area (Å²) in [6.07, 6.45) is 5.17. The van der Waals surface area contributed by atoms with Gasteiger partial charge in [0.1, 0.15) is 5.65 Å². The smallest absolute Gasteiger partial charge is 0.241 e. The van der Waals surface area contributed by atoms with Crippen molar-refractivity contribution >= 4 is 57.8 Å². The number of sulfone groups is 1. The molecule has 7 nitrogen and oxygen atoms in total. The van der Waals surface area contributed by atoms with Gasteiger partial charge < -0.3 is 15.0 Å². The van der Waals surface area contributed by atoms with Crippen LogP contribution in [0.3, 0.4) is 0 Å². The number of piperidine rings is 1. The van der Waals surface area contributed by atoms with Crippen molar-refractivity contribution in [1.82, 2.24) is 20.0 Å². The molecule has 1 aliphatic heterocycles. The van der Waals surface area contributed by atoms with E-state index in [0.29, 0.717) is 29.5 Å². The SMILES string of the molecule is CS(=O)(=O)C1(C(=O)NCc2cn3cc(Cl)ccc3n2)CCNCC1.Cl.Cl. The maximum Gasteiger partial charge on any atom is 0.241 e. The van der Waals surface area contributed by atoms with E-state index < -0.39 is 20.5 Å². The maximum absolute atomic E-state index is 12.6. The minimum Gasteiger partial charge on any atom is -0.349 e. The number of hydrogen-bond donors (Lipinski definition) is 2. The lowest BCUT2D eigenvalue weighted by Gasteiger charge is -2.34. The highest BCUT2D eigenvalue weighted by Gasteiger charge is 2.48. The van der Waals surface area contributed by atoms with Crippen molar-refractivity contribution in [2.24, 2.45) is 0 Å². The molecule has 0 unspecified atom stereocenters. The molecule has 0 bridgehead atoms. The monoisotopic (exact) mass is 442 g/mol. The summed E-state index contributed by atoms with van der Waals surface area (Å²) >= 11 is 5.93. The fourth-order valence-corrected chi connectivity index (χ4v) is 4.55. The number of rotatable bonds is 4. The normalized spacial score (nSPS) is 16.4. The van der Waals surface area contributed by atoms with Gasteiger partial charge in [0.15, 0.2) is 14.6 Å². The molecule has 146 valence electrons. The number of fused-ring (bicyclic) bond motifs is 1. The first kappa shape index (κ1) is 23.0. The van der Waals surface area contributed by atoms with Gasteiger partial charge in [0.25, 0.3) is 0 Å². The third-order valence-corrected chi connectivity index (χ3v) is 6.67. The van der Waals surface area contributed by atoms with E-state index in [1.54, 1.807) is 28.9 Å². The first-order chi connectivity index (χ1) is 11.3. The fraction of sp³-hybridized carbons (Fsp3) is 0.467. The predicted octanol–water partition coefficient (Wildman–Crippen LogP) is 1.61. The van der Waals surface area contributed by atoms with E-state index in [9.17, 15) is 13.2 Å². The predicted molar refractivity (Wildman–Crippen MR) is 106 cm³/mol. The van der Waals surface area contributed by atoms with Crippen LogP contribution < -0.4 is 10.6 Å². The average molecular weight is 444 g/mol. The van der Waals surface area contributed by atoms with E-state index in [1.165, 1.54) is 0 Å². The lowest BCUT2D eigenvalue weighted by molar-refractivity contribution is -0.124. The molecule has 2 N–H and O–H groups in total. The average Bonchev–Trinajstić information content (AvgIpc) is 2.94. The van der Waals surface area contributed by atoms with Gasteiger partial charge in [-0.3, -0.25) is 4.79 Å². The van der Waals surface area contributed by atoms with Crippen LogP contribution in [0.1, 0.15) is 18.5 Å². The number of carbonyl (C=O) groups is 1. The molecular weight excluding hydrogens is 423 g/mol. The highest BCUT2D eigenvalue weighted by atomic mass is 35.5. The minimum absolute atomic E-state index is 0. The number of amides is 1. The number of hydrogen-bond acceptors (Lipinski definition) is 5. The van der Waals surface area contributed by atoms with Gasteiger partial charge >= 0.3 is 0 Å². The molecule has 1 saturated heterocycles. The van der Waals surface area contributed by atoms with E-state index in [-0.39, 0.29) is 44.2 Å². The van der Waals surface area contributed by atoms with Gasteiger partial charge in [0.05, 0.1) is 17.3 Å². The number of carbonyl (C=O) groups excluding carboxylic acids is 1. The Morgan fingerprint density at radius 1 is 1.31 bits per heavy atom. The van der Waals surface area contributed by atoms with Gasteiger partial charge in [-0.25, -0.2) is 13.4 Å². The van der Waals surface area contributed by atoms with Crippen molar-refractivity contribution in [3.8, 4) is 0 Å². The van der Waals surface area contributed by atoms with Crippen LogP contribution in [0.5, 0.6) is 0 Å². The third kappa shape index (κ3) is 4.43. The van der Waals surface area contributed by atoms with E-state index >= 15 is 0 Å². The van der Waals surface area contributed by atoms with Crippen molar-refractivity contribution < 1.29 is 13.2 Å². The Morgan fingerprint density at radius 2 is 1.96 bits per heavy atom. The molecule has 0 spiro atoms. The molecule has 1 amide bonds. The zero-order chi connectivity index (χ0) is 17.4. The van der Waals surface area contributed by atoms with Gasteiger partial charge in [-0.15, -0.1) is 24.8 Å². The molecule has 1 fully saturated rings. The van der Waals surface area contributed by atoms with E-state index in [1.807, 2.05) is 0 Å². The van der Waals surface area contributed by atoms with E-state index in [0.717, 1.165) is 6.26 Å². The molecule has 0 saturated carbocycles. The second-order valence-corrected chi connectivity index (χ2v) is 8.81. The quantitative estimate of drug-likeness (QED) is 0.749. The summed E-state index contributed by atoms with van der Waals surface area (Å²) in [7, 11) is -3.52. The number of aromatic nitrogens is 2. The lowest BCUT2D eigenvalue weighted by atomic mass is 9.96. The first-order valence-corrected chi connectivity index (χ1v) is 9.90. The number of halogens is 3. The van der Waals surface area contributed by atoms with Crippen molar-refractivity contribution in [2.45, 2.75) is 24.1 Å². The van der Waals surface area contributed by atoms with Crippen LogP contribution in [0.25, 0.3) is 5.65 Å². The van der Waals surface area contributed by atoms with Crippen LogP contribution in [0.2, 0.25) is 5.02 Å². The molecule has 0 atom stereocenters. The largest absolute Gasteiger partial charge is 0.349 e. The molecule has 2 aromatic heterocycles. The number of nitrogens with zero attached hydrogens (tertiary/aromatic N) is 2. The van der Waals surface area contributed by atoms with Crippen molar-refractivity contribution in [2.75, 3.05) is 19.3 Å².